The first-order chi connectivity index (χ1) is 10.2. The van der Waals surface area contributed by atoms with Crippen molar-refractivity contribution in [2.45, 2.75) is 17.1 Å². The number of benzene rings is 2. The molecule has 21 heavy (non-hydrogen) atoms. The van der Waals surface area contributed by atoms with Gasteiger partial charge in [0.2, 0.25) is 0 Å². The first-order valence-corrected chi connectivity index (χ1v) is 8.57. The third-order valence-corrected chi connectivity index (χ3v) is 5.23. The number of ether oxygens (including phenoxy) is 2. The maximum absolute atomic E-state index is 5.91. The van der Waals surface area contributed by atoms with Crippen LogP contribution >= 0.6 is 27.7 Å². The van der Waals surface area contributed by atoms with E-state index in [1.807, 2.05) is 24.3 Å². The monoisotopic (exact) mass is 365 g/mol. The predicted octanol–water partition coefficient (Wildman–Crippen LogP) is 4.48. The van der Waals surface area contributed by atoms with Gasteiger partial charge in [0.25, 0.3) is 0 Å². The van der Waals surface area contributed by atoms with Crippen LogP contribution in [0.15, 0.2) is 45.8 Å². The Hall–Kier alpha value is -1.33. The maximum Gasteiger partial charge on any atom is 0.162 e. The van der Waals surface area contributed by atoms with Gasteiger partial charge in [0.15, 0.2) is 11.5 Å². The molecule has 0 unspecified atom stereocenters. The van der Waals surface area contributed by atoms with E-state index in [1.54, 1.807) is 11.8 Å². The van der Waals surface area contributed by atoms with E-state index in [9.17, 15) is 0 Å². The first kappa shape index (κ1) is 14.6. The molecule has 110 valence electrons. The lowest BCUT2D eigenvalue weighted by molar-refractivity contribution is 0.297. The van der Waals surface area contributed by atoms with Crippen LogP contribution in [0.5, 0.6) is 11.5 Å². The van der Waals surface area contributed by atoms with Gasteiger partial charge in [-0.2, -0.15) is 0 Å². The SMILES string of the molecule is Nc1cccc(CSc2ccc3c(c2)OCCCO3)c1Br. The van der Waals surface area contributed by atoms with Gasteiger partial charge in [0.1, 0.15) is 0 Å². The van der Waals surface area contributed by atoms with E-state index in [4.69, 9.17) is 15.2 Å². The van der Waals surface area contributed by atoms with Crippen LogP contribution in [0.3, 0.4) is 0 Å². The van der Waals surface area contributed by atoms with Gasteiger partial charge in [0.05, 0.1) is 13.2 Å². The summed E-state index contributed by atoms with van der Waals surface area (Å²) in [6.07, 6.45) is 0.924. The summed E-state index contributed by atoms with van der Waals surface area (Å²) in [7, 11) is 0. The minimum absolute atomic E-state index is 0.710. The lowest BCUT2D eigenvalue weighted by Crippen LogP contribution is -1.97. The molecule has 1 heterocycles. The second-order valence-corrected chi connectivity index (χ2v) is 6.61. The van der Waals surface area contributed by atoms with Crippen molar-refractivity contribution in [3.8, 4) is 11.5 Å². The highest BCUT2D eigenvalue weighted by Gasteiger charge is 2.11. The zero-order valence-corrected chi connectivity index (χ0v) is 13.9. The summed E-state index contributed by atoms with van der Waals surface area (Å²) in [5.74, 6) is 2.52. The Morgan fingerprint density at radius 3 is 2.76 bits per heavy atom. The first-order valence-electron chi connectivity index (χ1n) is 6.79. The molecule has 5 heteroatoms. The summed E-state index contributed by atoms with van der Waals surface area (Å²) < 4.78 is 12.3. The van der Waals surface area contributed by atoms with E-state index in [0.717, 1.165) is 45.3 Å². The summed E-state index contributed by atoms with van der Waals surface area (Å²) in [6, 6.07) is 12.0. The highest BCUT2D eigenvalue weighted by Crippen LogP contribution is 2.36. The molecule has 0 radical (unpaired) electrons. The molecule has 0 atom stereocenters. The maximum atomic E-state index is 5.91. The van der Waals surface area contributed by atoms with E-state index in [-0.39, 0.29) is 0 Å². The quantitative estimate of drug-likeness (QED) is 0.642. The van der Waals surface area contributed by atoms with Crippen LogP contribution in [0.1, 0.15) is 12.0 Å². The van der Waals surface area contributed by atoms with Crippen LogP contribution in [0.4, 0.5) is 5.69 Å². The standard InChI is InChI=1S/C16H16BrNO2S/c17-16-11(3-1-4-13(16)18)10-21-12-5-6-14-15(9-12)20-8-2-7-19-14/h1,3-6,9H,2,7-8,10,18H2. The average molecular weight is 366 g/mol. The molecule has 0 saturated heterocycles. The minimum Gasteiger partial charge on any atom is -0.490 e. The zero-order valence-electron chi connectivity index (χ0n) is 11.5. The van der Waals surface area contributed by atoms with Crippen molar-refractivity contribution in [3.63, 3.8) is 0 Å². The molecular weight excluding hydrogens is 350 g/mol. The van der Waals surface area contributed by atoms with E-state index in [2.05, 4.69) is 28.1 Å². The molecule has 2 N–H and O–H groups in total. The van der Waals surface area contributed by atoms with Crippen LogP contribution in [0, 0.1) is 0 Å². The Morgan fingerprint density at radius 2 is 1.90 bits per heavy atom. The third-order valence-electron chi connectivity index (χ3n) is 3.22. The number of halogens is 1. The molecule has 2 aromatic rings. The third kappa shape index (κ3) is 3.47. The molecule has 0 aliphatic carbocycles. The minimum atomic E-state index is 0.710. The zero-order chi connectivity index (χ0) is 14.7. The lowest BCUT2D eigenvalue weighted by atomic mass is 10.2. The van der Waals surface area contributed by atoms with Crippen LogP contribution in [0.2, 0.25) is 0 Å². The van der Waals surface area contributed by atoms with Gasteiger partial charge in [-0.25, -0.2) is 0 Å². The Labute approximate surface area is 137 Å². The highest BCUT2D eigenvalue weighted by molar-refractivity contribution is 9.10. The number of rotatable bonds is 3. The molecule has 2 aromatic carbocycles. The van der Waals surface area contributed by atoms with Crippen molar-refractivity contribution < 1.29 is 9.47 Å². The van der Waals surface area contributed by atoms with Gasteiger partial charge >= 0.3 is 0 Å². The van der Waals surface area contributed by atoms with Crippen LogP contribution in [-0.4, -0.2) is 13.2 Å². The molecule has 3 rings (SSSR count). The Kier molecular flexibility index (Phi) is 4.60. The van der Waals surface area contributed by atoms with Crippen molar-refractivity contribution in [3.05, 3.63) is 46.4 Å². The molecule has 0 fully saturated rings. The number of hydrogen-bond acceptors (Lipinski definition) is 4. The summed E-state index contributed by atoms with van der Waals surface area (Å²) in [5, 5.41) is 0. The number of anilines is 1. The molecule has 1 aliphatic heterocycles. The summed E-state index contributed by atoms with van der Waals surface area (Å²) in [6.45, 7) is 1.43. The fourth-order valence-corrected chi connectivity index (χ4v) is 3.61. The predicted molar refractivity (Wildman–Crippen MR) is 90.2 cm³/mol. The van der Waals surface area contributed by atoms with Gasteiger partial charge in [-0.05, 0) is 45.8 Å². The van der Waals surface area contributed by atoms with Gasteiger partial charge < -0.3 is 15.2 Å². The van der Waals surface area contributed by atoms with E-state index >= 15 is 0 Å². The Balaban J connectivity index is 1.73. The van der Waals surface area contributed by atoms with Crippen molar-refractivity contribution in [2.75, 3.05) is 18.9 Å². The average Bonchev–Trinajstić information content (AvgIpc) is 2.73. The lowest BCUT2D eigenvalue weighted by Gasteiger charge is -2.10. The molecule has 1 aliphatic rings. The van der Waals surface area contributed by atoms with Crippen LogP contribution in [-0.2, 0) is 5.75 Å². The highest BCUT2D eigenvalue weighted by atomic mass is 79.9. The molecule has 0 aromatic heterocycles. The number of fused-ring (bicyclic) bond motifs is 1. The van der Waals surface area contributed by atoms with Gasteiger partial charge in [-0.1, -0.05) is 12.1 Å². The van der Waals surface area contributed by atoms with Crippen molar-refractivity contribution in [2.24, 2.45) is 0 Å². The Bertz CT molecular complexity index is 648. The fourth-order valence-electron chi connectivity index (χ4n) is 2.11. The van der Waals surface area contributed by atoms with Gasteiger partial charge in [-0.3, -0.25) is 0 Å². The molecule has 0 bridgehead atoms. The second kappa shape index (κ2) is 6.62. The Morgan fingerprint density at radius 1 is 1.10 bits per heavy atom. The van der Waals surface area contributed by atoms with Crippen molar-refractivity contribution >= 4 is 33.4 Å². The second-order valence-electron chi connectivity index (χ2n) is 4.77. The number of thioether (sulfide) groups is 1. The van der Waals surface area contributed by atoms with Crippen LogP contribution < -0.4 is 15.2 Å². The normalized spacial score (nSPS) is 13.8. The largest absolute Gasteiger partial charge is 0.490 e. The number of hydrogen-bond donors (Lipinski definition) is 1. The smallest absolute Gasteiger partial charge is 0.162 e. The number of nitrogen functional groups attached to an aromatic ring is 1. The topological polar surface area (TPSA) is 44.5 Å². The van der Waals surface area contributed by atoms with Crippen molar-refractivity contribution in [1.29, 1.82) is 0 Å². The molecule has 0 saturated carbocycles. The van der Waals surface area contributed by atoms with E-state index in [0.29, 0.717) is 6.61 Å². The molecular formula is C16H16BrNO2S. The number of nitrogens with two attached hydrogens (primary N) is 1. The molecule has 0 spiro atoms. The molecule has 3 nitrogen and oxygen atoms in total. The van der Waals surface area contributed by atoms with Crippen molar-refractivity contribution in [1.82, 2.24) is 0 Å². The van der Waals surface area contributed by atoms with E-state index in [1.165, 1.54) is 5.56 Å². The summed E-state index contributed by atoms with van der Waals surface area (Å²) in [5.41, 5.74) is 7.86. The van der Waals surface area contributed by atoms with Gasteiger partial charge in [-0.15, -0.1) is 11.8 Å². The summed E-state index contributed by atoms with van der Waals surface area (Å²) >= 11 is 5.30. The van der Waals surface area contributed by atoms with Gasteiger partial charge in [0, 0.05) is 27.2 Å². The summed E-state index contributed by atoms with van der Waals surface area (Å²) in [4.78, 5) is 1.16. The van der Waals surface area contributed by atoms with E-state index < -0.39 is 0 Å². The fraction of sp³-hybridized carbons (Fsp3) is 0.250. The van der Waals surface area contributed by atoms with Crippen LogP contribution in [0.25, 0.3) is 0 Å². The molecule has 0 amide bonds.